The summed E-state index contributed by atoms with van der Waals surface area (Å²) in [6.07, 6.45) is 0. The second-order valence-electron chi connectivity index (χ2n) is 17.2. The Morgan fingerprint density at radius 2 is 0.897 bits per heavy atom. The van der Waals surface area contributed by atoms with Crippen molar-refractivity contribution in [2.24, 2.45) is 0 Å². The van der Waals surface area contributed by atoms with Gasteiger partial charge in [0.25, 0.3) is 0 Å². The van der Waals surface area contributed by atoms with Crippen LogP contribution in [0.5, 0.6) is 0 Å². The van der Waals surface area contributed by atoms with Crippen molar-refractivity contribution < 1.29 is 13.3 Å². The van der Waals surface area contributed by atoms with Crippen LogP contribution in [0.15, 0.2) is 244 Å². The third kappa shape index (κ3) is 6.03. The molecule has 4 aromatic heterocycles. The first-order valence-corrected chi connectivity index (χ1v) is 22.8. The van der Waals surface area contributed by atoms with Gasteiger partial charge in [-0.2, -0.15) is 0 Å². The maximum absolute atomic E-state index is 7.06. The fourth-order valence-corrected chi connectivity index (χ4v) is 10.1. The SMILES string of the molecule is c1ccc(N(c2cc(N(c3ccccc3)c3ccc4c(c3)c3ccccc3n4-c3ccccc3)c3oc(-c4ccc5c(c4)oc4ccccc45)nc3c2)c2ccc3oc4ccccc4c3c2)cc1. The number of aromatic nitrogens is 2. The molecule has 0 bridgehead atoms. The highest BCUT2D eigenvalue weighted by molar-refractivity contribution is 6.12. The molecule has 10 aromatic carbocycles. The van der Waals surface area contributed by atoms with Crippen LogP contribution in [0.4, 0.5) is 34.1 Å². The van der Waals surface area contributed by atoms with Crippen molar-refractivity contribution in [3.05, 3.63) is 231 Å². The predicted octanol–water partition coefficient (Wildman–Crippen LogP) is 17.3. The Morgan fingerprint density at radius 1 is 0.338 bits per heavy atom. The Morgan fingerprint density at radius 3 is 1.66 bits per heavy atom. The van der Waals surface area contributed by atoms with Crippen LogP contribution in [0.1, 0.15) is 0 Å². The molecule has 4 heterocycles. The molecule has 320 valence electrons. The molecule has 0 saturated carbocycles. The summed E-state index contributed by atoms with van der Waals surface area (Å²) in [4.78, 5) is 9.92. The number of anilines is 6. The largest absolute Gasteiger partial charge is 0.456 e. The van der Waals surface area contributed by atoms with E-state index in [9.17, 15) is 0 Å². The van der Waals surface area contributed by atoms with E-state index in [1.165, 1.54) is 5.39 Å². The van der Waals surface area contributed by atoms with Gasteiger partial charge in [-0.15, -0.1) is 0 Å². The van der Waals surface area contributed by atoms with E-state index >= 15 is 0 Å². The molecular weight excluding hydrogens is 837 g/mol. The van der Waals surface area contributed by atoms with Crippen molar-refractivity contribution in [1.82, 2.24) is 9.55 Å². The number of hydrogen-bond donors (Lipinski definition) is 0. The van der Waals surface area contributed by atoms with E-state index in [1.807, 2.05) is 42.5 Å². The fraction of sp³-hybridized carbons (Fsp3) is 0. The summed E-state index contributed by atoms with van der Waals surface area (Å²) in [6, 6.07) is 80.3. The highest BCUT2D eigenvalue weighted by atomic mass is 16.4. The van der Waals surface area contributed by atoms with E-state index in [2.05, 4.69) is 202 Å². The van der Waals surface area contributed by atoms with Crippen molar-refractivity contribution in [3.8, 4) is 17.1 Å². The second kappa shape index (κ2) is 15.1. The van der Waals surface area contributed by atoms with Crippen molar-refractivity contribution >= 4 is 111 Å². The van der Waals surface area contributed by atoms with E-state index in [0.717, 1.165) is 106 Å². The van der Waals surface area contributed by atoms with Crippen molar-refractivity contribution in [2.75, 3.05) is 9.80 Å². The third-order valence-corrected chi connectivity index (χ3v) is 13.2. The molecule has 0 unspecified atom stereocenters. The number of hydrogen-bond acceptors (Lipinski definition) is 6. The van der Waals surface area contributed by atoms with Crippen molar-refractivity contribution in [1.29, 1.82) is 0 Å². The average Bonchev–Trinajstić information content (AvgIpc) is 4.18. The van der Waals surface area contributed by atoms with Crippen molar-refractivity contribution in [2.45, 2.75) is 0 Å². The molecule has 7 heteroatoms. The maximum Gasteiger partial charge on any atom is 0.227 e. The highest BCUT2D eigenvalue weighted by Crippen LogP contribution is 2.48. The molecule has 0 N–H and O–H groups in total. The zero-order chi connectivity index (χ0) is 44.7. The van der Waals surface area contributed by atoms with Crippen LogP contribution in [-0.2, 0) is 0 Å². The number of oxazole rings is 1. The number of nitrogens with zero attached hydrogens (tertiary/aromatic N) is 4. The Bertz CT molecular complexity index is 4220. The molecule has 0 spiro atoms. The third-order valence-electron chi connectivity index (χ3n) is 13.2. The van der Waals surface area contributed by atoms with Gasteiger partial charge < -0.3 is 27.6 Å². The summed E-state index contributed by atoms with van der Waals surface area (Å²) in [5.74, 6) is 0.493. The lowest BCUT2D eigenvalue weighted by Gasteiger charge is -2.29. The monoisotopic (exact) mass is 874 g/mol. The first-order chi connectivity index (χ1) is 33.7. The van der Waals surface area contributed by atoms with E-state index in [4.69, 9.17) is 18.2 Å². The summed E-state index contributed by atoms with van der Waals surface area (Å²) < 4.78 is 22.1. The summed E-state index contributed by atoms with van der Waals surface area (Å²) in [5, 5.41) is 6.53. The van der Waals surface area contributed by atoms with E-state index in [1.54, 1.807) is 0 Å². The molecule has 0 atom stereocenters. The quantitative estimate of drug-likeness (QED) is 0.152. The van der Waals surface area contributed by atoms with Gasteiger partial charge in [-0.25, -0.2) is 4.98 Å². The van der Waals surface area contributed by atoms with Gasteiger partial charge in [-0.3, -0.25) is 0 Å². The lowest BCUT2D eigenvalue weighted by atomic mass is 10.1. The van der Waals surface area contributed by atoms with Gasteiger partial charge in [0.05, 0.1) is 22.4 Å². The standard InChI is InChI=1S/C61H38N4O3/c1-4-16-40(17-5-1)63(43-30-33-58-51(36-43)48-24-12-15-27-57(48)66-58)45-37-52-60(68-61(62-52)39-28-31-49-47-23-11-14-26-56(47)67-59(49)34-39)55(38-45)64(41-18-6-2-7-19-41)44-29-32-54-50(35-44)46-22-10-13-25-53(46)65(54)42-20-8-3-9-21-42/h1-38H. The van der Waals surface area contributed by atoms with Gasteiger partial charge in [0.1, 0.15) is 27.8 Å². The Labute approximate surface area is 389 Å². The van der Waals surface area contributed by atoms with Crippen LogP contribution in [0.25, 0.3) is 93.9 Å². The predicted molar refractivity (Wildman–Crippen MR) is 278 cm³/mol. The summed E-state index contributed by atoms with van der Waals surface area (Å²) in [6.45, 7) is 0. The smallest absolute Gasteiger partial charge is 0.227 e. The second-order valence-corrected chi connectivity index (χ2v) is 17.2. The van der Waals surface area contributed by atoms with Gasteiger partial charge in [-0.05, 0) is 121 Å². The van der Waals surface area contributed by atoms with Crippen molar-refractivity contribution in [3.63, 3.8) is 0 Å². The van der Waals surface area contributed by atoms with Crippen LogP contribution < -0.4 is 9.80 Å². The zero-order valence-electron chi connectivity index (χ0n) is 36.5. The van der Waals surface area contributed by atoms with E-state index < -0.39 is 0 Å². The lowest BCUT2D eigenvalue weighted by Crippen LogP contribution is -2.13. The fourth-order valence-electron chi connectivity index (χ4n) is 10.1. The molecule has 14 rings (SSSR count). The number of fused-ring (bicyclic) bond motifs is 10. The normalized spacial score (nSPS) is 11.8. The summed E-state index contributed by atoms with van der Waals surface area (Å²) >= 11 is 0. The first-order valence-electron chi connectivity index (χ1n) is 22.8. The zero-order valence-corrected chi connectivity index (χ0v) is 36.5. The Balaban J connectivity index is 1.03. The van der Waals surface area contributed by atoms with Crippen LogP contribution >= 0.6 is 0 Å². The Kier molecular flexibility index (Phi) is 8.45. The average molecular weight is 875 g/mol. The highest BCUT2D eigenvalue weighted by Gasteiger charge is 2.26. The number of rotatable bonds is 8. The van der Waals surface area contributed by atoms with Gasteiger partial charge in [0.2, 0.25) is 5.89 Å². The topological polar surface area (TPSA) is 63.7 Å². The minimum Gasteiger partial charge on any atom is -0.456 e. The van der Waals surface area contributed by atoms with Crippen LogP contribution in [-0.4, -0.2) is 9.55 Å². The van der Waals surface area contributed by atoms with Gasteiger partial charge in [0.15, 0.2) is 5.58 Å². The van der Waals surface area contributed by atoms with Crippen LogP contribution in [0.3, 0.4) is 0 Å². The number of benzene rings is 10. The molecule has 68 heavy (non-hydrogen) atoms. The van der Waals surface area contributed by atoms with E-state index in [0.29, 0.717) is 17.0 Å². The molecule has 0 amide bonds. The number of para-hydroxylation sites is 6. The first kappa shape index (κ1) is 38.0. The molecule has 0 saturated heterocycles. The minimum absolute atomic E-state index is 0.493. The molecular formula is C61H38N4O3. The molecule has 14 aromatic rings. The molecule has 0 fully saturated rings. The Hall–Kier alpha value is -9.33. The van der Waals surface area contributed by atoms with Crippen LogP contribution in [0.2, 0.25) is 0 Å². The van der Waals surface area contributed by atoms with Gasteiger partial charge >= 0.3 is 0 Å². The molecule has 0 aliphatic carbocycles. The molecule has 0 aliphatic heterocycles. The summed E-state index contributed by atoms with van der Waals surface area (Å²) in [5.41, 5.74) is 14.5. The number of furan rings is 2. The van der Waals surface area contributed by atoms with Gasteiger partial charge in [-0.1, -0.05) is 109 Å². The summed E-state index contributed by atoms with van der Waals surface area (Å²) in [7, 11) is 0. The lowest BCUT2D eigenvalue weighted by molar-refractivity contribution is 0.619. The molecule has 7 nitrogen and oxygen atoms in total. The van der Waals surface area contributed by atoms with E-state index in [-0.39, 0.29) is 0 Å². The van der Waals surface area contributed by atoms with Crippen LogP contribution in [0, 0.1) is 0 Å². The van der Waals surface area contributed by atoms with Gasteiger partial charge in [0, 0.05) is 66.3 Å². The molecule has 0 radical (unpaired) electrons. The minimum atomic E-state index is 0.493. The maximum atomic E-state index is 7.06. The molecule has 0 aliphatic rings.